The second kappa shape index (κ2) is 5.35. The smallest absolute Gasteiger partial charge is 0.222 e. The number of nitrogens with zero attached hydrogens (tertiary/aromatic N) is 4. The molecule has 0 unspecified atom stereocenters. The summed E-state index contributed by atoms with van der Waals surface area (Å²) in [6.45, 7) is -0.0137. The van der Waals surface area contributed by atoms with Gasteiger partial charge in [-0.1, -0.05) is 4.68 Å². The molecule has 0 saturated carbocycles. The van der Waals surface area contributed by atoms with E-state index in [0.717, 1.165) is 0 Å². The molecule has 9 nitrogen and oxygen atoms in total. The number of hydrogen-bond donors (Lipinski definition) is 2. The zero-order chi connectivity index (χ0) is 14.8. The minimum atomic E-state index is -4.26. The van der Waals surface area contributed by atoms with Gasteiger partial charge >= 0.3 is 0 Å². The van der Waals surface area contributed by atoms with Crippen LogP contribution in [0.15, 0.2) is 24.5 Å². The van der Waals surface area contributed by atoms with Crippen LogP contribution in [0.4, 0.5) is 11.8 Å². The molecule has 2 aromatic rings. The van der Waals surface area contributed by atoms with Gasteiger partial charge in [-0.15, -0.1) is 0 Å². The topological polar surface area (TPSA) is 152 Å². The molecule has 0 saturated heterocycles. The second-order valence-electron chi connectivity index (χ2n) is 3.98. The first-order chi connectivity index (χ1) is 9.33. The van der Waals surface area contributed by atoms with Crippen LogP contribution in [-0.2, 0) is 16.7 Å². The lowest BCUT2D eigenvalue weighted by Crippen LogP contribution is -2.40. The molecule has 2 rings (SSSR count). The summed E-state index contributed by atoms with van der Waals surface area (Å²) in [5, 5.41) is 3.99. The van der Waals surface area contributed by atoms with Crippen LogP contribution in [0.3, 0.4) is 0 Å². The fourth-order valence-corrected chi connectivity index (χ4v) is 1.92. The van der Waals surface area contributed by atoms with Crippen LogP contribution in [-0.4, -0.2) is 33.8 Å². The molecular weight excluding hydrogens is 284 g/mol. The molecule has 2 aromatic heterocycles. The van der Waals surface area contributed by atoms with Crippen molar-refractivity contribution in [3.63, 3.8) is 0 Å². The van der Waals surface area contributed by atoms with E-state index in [0.29, 0.717) is 11.3 Å². The summed E-state index contributed by atoms with van der Waals surface area (Å²) >= 11 is 0. The van der Waals surface area contributed by atoms with Gasteiger partial charge in [0.1, 0.15) is 22.1 Å². The van der Waals surface area contributed by atoms with E-state index in [1.165, 1.54) is 17.1 Å². The number of nitrogen functional groups attached to an aromatic ring is 2. The van der Waals surface area contributed by atoms with Crippen molar-refractivity contribution in [3.8, 4) is 11.3 Å². The minimum absolute atomic E-state index is 0.0137. The highest BCUT2D eigenvalue weighted by Crippen LogP contribution is 2.17. The standard InChI is InChI=1S/C10H12N6O3S/c11-9-5-8(14-10(12)15-9)7-1-2-16(13-6-7)3-4-20(17,18)19/h1-2,5-6H,3-4H2,(H4-,11,12,14,15,17,18,19). The van der Waals surface area contributed by atoms with Gasteiger partial charge in [-0.2, -0.15) is 4.98 Å². The molecule has 0 radical (unpaired) electrons. The summed E-state index contributed by atoms with van der Waals surface area (Å²) in [6.07, 6.45) is 3.01. The highest BCUT2D eigenvalue weighted by atomic mass is 32.2. The van der Waals surface area contributed by atoms with E-state index in [4.69, 9.17) is 11.5 Å². The van der Waals surface area contributed by atoms with Crippen LogP contribution in [0.2, 0.25) is 0 Å². The van der Waals surface area contributed by atoms with Crippen LogP contribution < -0.4 is 16.1 Å². The van der Waals surface area contributed by atoms with Crippen molar-refractivity contribution in [2.24, 2.45) is 0 Å². The maximum Gasteiger partial charge on any atom is 0.222 e. The number of hydrogen-bond acceptors (Lipinski definition) is 8. The van der Waals surface area contributed by atoms with Crippen molar-refractivity contribution in [2.45, 2.75) is 6.54 Å². The molecule has 0 spiro atoms. The average Bonchev–Trinajstić information content (AvgIpc) is 2.35. The molecule has 2 heterocycles. The Balaban J connectivity index is 2.19. The van der Waals surface area contributed by atoms with Crippen LogP contribution in [0.1, 0.15) is 0 Å². The lowest BCUT2D eigenvalue weighted by atomic mass is 10.2. The third kappa shape index (κ3) is 3.83. The molecule has 106 valence electrons. The van der Waals surface area contributed by atoms with E-state index >= 15 is 0 Å². The number of aromatic nitrogens is 4. The summed E-state index contributed by atoms with van der Waals surface area (Å²) in [5.41, 5.74) is 12.2. The Labute approximate surface area is 115 Å². The van der Waals surface area contributed by atoms with Crippen molar-refractivity contribution in [2.75, 3.05) is 17.2 Å². The van der Waals surface area contributed by atoms with Crippen LogP contribution in [0.5, 0.6) is 0 Å². The highest BCUT2D eigenvalue weighted by molar-refractivity contribution is 7.85. The van der Waals surface area contributed by atoms with Crippen molar-refractivity contribution in [1.29, 1.82) is 0 Å². The molecule has 10 heteroatoms. The Kier molecular flexibility index (Phi) is 3.77. The summed E-state index contributed by atoms with van der Waals surface area (Å²) in [7, 11) is -4.26. The molecule has 4 N–H and O–H groups in total. The summed E-state index contributed by atoms with van der Waals surface area (Å²) in [5.74, 6) is -0.229. The monoisotopic (exact) mass is 296 g/mol. The van der Waals surface area contributed by atoms with Crippen molar-refractivity contribution in [3.05, 3.63) is 24.5 Å². The van der Waals surface area contributed by atoms with Gasteiger partial charge in [0, 0.05) is 17.7 Å². The summed E-state index contributed by atoms with van der Waals surface area (Å²) < 4.78 is 32.9. The van der Waals surface area contributed by atoms with Gasteiger partial charge in [0.15, 0.2) is 12.7 Å². The molecule has 0 aromatic carbocycles. The number of nitrogens with two attached hydrogens (primary N) is 2. The van der Waals surface area contributed by atoms with E-state index in [2.05, 4.69) is 15.1 Å². The first-order valence-electron chi connectivity index (χ1n) is 5.53. The number of anilines is 2. The first kappa shape index (κ1) is 14.1. The summed E-state index contributed by atoms with van der Waals surface area (Å²) in [4.78, 5) is 7.76. The zero-order valence-corrected chi connectivity index (χ0v) is 11.1. The van der Waals surface area contributed by atoms with Crippen molar-refractivity contribution >= 4 is 21.9 Å². The molecule has 0 atom stereocenters. The highest BCUT2D eigenvalue weighted by Gasteiger charge is 2.09. The fraction of sp³-hybridized carbons (Fsp3) is 0.200. The van der Waals surface area contributed by atoms with E-state index in [1.54, 1.807) is 12.1 Å². The largest absolute Gasteiger partial charge is 0.748 e. The average molecular weight is 296 g/mol. The van der Waals surface area contributed by atoms with Crippen molar-refractivity contribution in [1.82, 2.24) is 15.1 Å². The van der Waals surface area contributed by atoms with E-state index in [1.807, 2.05) is 0 Å². The molecule has 0 aliphatic rings. The van der Waals surface area contributed by atoms with Gasteiger partial charge in [-0.3, -0.25) is 0 Å². The molecule has 0 amide bonds. The quantitative estimate of drug-likeness (QED) is 0.512. The van der Waals surface area contributed by atoms with Gasteiger partial charge in [-0.05, 0) is 5.10 Å². The van der Waals surface area contributed by atoms with Gasteiger partial charge in [0.05, 0.1) is 11.4 Å². The number of aryl methyl sites for hydroxylation is 1. The van der Waals surface area contributed by atoms with Gasteiger partial charge < -0.3 is 16.0 Å². The Morgan fingerprint density at radius 3 is 2.60 bits per heavy atom. The van der Waals surface area contributed by atoms with E-state index in [-0.39, 0.29) is 18.3 Å². The zero-order valence-electron chi connectivity index (χ0n) is 10.3. The van der Waals surface area contributed by atoms with Gasteiger partial charge in [0.2, 0.25) is 5.95 Å². The molecule has 0 fully saturated rings. The fourth-order valence-electron chi connectivity index (χ4n) is 1.51. The second-order valence-corrected chi connectivity index (χ2v) is 5.50. The van der Waals surface area contributed by atoms with E-state index < -0.39 is 15.9 Å². The molecule has 0 aliphatic carbocycles. The van der Waals surface area contributed by atoms with Crippen LogP contribution >= 0.6 is 0 Å². The normalized spacial score (nSPS) is 11.4. The summed E-state index contributed by atoms with van der Waals surface area (Å²) in [6, 6.07) is 3.20. The molecular formula is C10H12N6O3S. The SMILES string of the molecule is Nc1cc(-c2cc[n+](CCS(=O)(=O)[O-])nc2)nc(N)n1. The Morgan fingerprint density at radius 1 is 1.30 bits per heavy atom. The molecule has 0 aliphatic heterocycles. The van der Waals surface area contributed by atoms with Crippen LogP contribution in [0.25, 0.3) is 11.3 Å². The predicted octanol–water partition coefficient (Wildman–Crippen LogP) is -1.46. The maximum atomic E-state index is 10.5. The van der Waals surface area contributed by atoms with Crippen LogP contribution in [0, 0.1) is 0 Å². The Hall–Kier alpha value is -2.33. The number of rotatable bonds is 4. The Morgan fingerprint density at radius 2 is 2.05 bits per heavy atom. The Bertz CT molecular complexity index is 696. The van der Waals surface area contributed by atoms with Gasteiger partial charge in [-0.25, -0.2) is 13.4 Å². The predicted molar refractivity (Wildman–Crippen MR) is 68.8 cm³/mol. The first-order valence-corrected chi connectivity index (χ1v) is 7.11. The molecule has 0 bridgehead atoms. The minimum Gasteiger partial charge on any atom is -0.748 e. The van der Waals surface area contributed by atoms with Crippen molar-refractivity contribution < 1.29 is 17.7 Å². The lowest BCUT2D eigenvalue weighted by Gasteiger charge is -2.03. The van der Waals surface area contributed by atoms with Gasteiger partial charge in [0.25, 0.3) is 0 Å². The lowest BCUT2D eigenvalue weighted by molar-refractivity contribution is -0.750. The third-order valence-corrected chi connectivity index (χ3v) is 3.08. The third-order valence-electron chi connectivity index (χ3n) is 2.40. The maximum absolute atomic E-state index is 10.5. The molecule has 20 heavy (non-hydrogen) atoms. The van der Waals surface area contributed by atoms with E-state index in [9.17, 15) is 13.0 Å².